The Kier molecular flexibility index (Phi) is 22.2. The van der Waals surface area contributed by atoms with Gasteiger partial charge < -0.3 is 170 Å². The molecule has 808 valence electrons. The molecule has 12 N–H and O–H groups in total. The molecule has 16 saturated heterocycles. The van der Waals surface area contributed by atoms with Gasteiger partial charge in [-0.1, -0.05) is 89.2 Å². The normalized spacial score (nSPS) is 51.2. The molecule has 147 heavy (non-hydrogen) atoms. The first-order chi connectivity index (χ1) is 68.4. The van der Waals surface area contributed by atoms with Crippen LogP contribution in [0.5, 0.6) is 0 Å². The van der Waals surface area contributed by atoms with Gasteiger partial charge in [0, 0.05) is 6.08 Å². The number of hydrogen-bond acceptors (Lipinski definition) is 47. The number of carboxylic acid groups (broad SMARTS) is 4. The summed E-state index contributed by atoms with van der Waals surface area (Å²) in [4.78, 5) is 202. The number of aliphatic hydroxyl groups excluding tert-OH is 4. The molecule has 51 nitrogen and oxygen atoms in total. The van der Waals surface area contributed by atoms with Crippen LogP contribution in [-0.2, 0) is 186 Å². The van der Waals surface area contributed by atoms with E-state index in [1.54, 1.807) is 0 Å². The Morgan fingerprint density at radius 2 is 0.544 bits per heavy atom. The monoisotopic (exact) mass is 2090 g/mol. The maximum atomic E-state index is 13.8. The molecule has 13 unspecified atom stereocenters. The summed E-state index contributed by atoms with van der Waals surface area (Å²) in [5.41, 5.74) is -33.6. The van der Waals surface area contributed by atoms with Crippen LogP contribution in [0.4, 0.5) is 0 Å². The number of carbonyl (C=O) groups is 16. The molecule has 0 bridgehead atoms. The predicted octanol–water partition coefficient (Wildman–Crippen LogP) is -4.44. The fourth-order valence-electron chi connectivity index (χ4n) is 34.6. The van der Waals surface area contributed by atoms with E-state index in [1.165, 1.54) is 33.8 Å². The van der Waals surface area contributed by atoms with Crippen molar-refractivity contribution in [1.29, 1.82) is 0 Å². The van der Waals surface area contributed by atoms with Gasteiger partial charge in [0.1, 0.15) is 68.7 Å². The summed E-state index contributed by atoms with van der Waals surface area (Å²) in [5.74, 6) is -22.1. The van der Waals surface area contributed by atoms with Crippen LogP contribution in [0.1, 0.15) is 136 Å². The molecule has 16 aliphatic heterocycles. The lowest BCUT2D eigenvalue weighted by atomic mass is 9.51. The Morgan fingerprint density at radius 1 is 0.313 bits per heavy atom. The van der Waals surface area contributed by atoms with Gasteiger partial charge in [0.05, 0.1) is 113 Å². The van der Waals surface area contributed by atoms with E-state index in [9.17, 15) is 123 Å². The van der Waals surface area contributed by atoms with Crippen LogP contribution < -0.4 is 0 Å². The van der Waals surface area contributed by atoms with E-state index in [0.717, 1.165) is 6.08 Å². The van der Waals surface area contributed by atoms with Gasteiger partial charge in [0.15, 0.2) is 71.2 Å². The molecule has 44 atom stereocenters. The molecule has 24 rings (SSSR count). The Hall–Kier alpha value is -9.50. The van der Waals surface area contributed by atoms with Crippen LogP contribution >= 0.6 is 0 Å². The van der Waals surface area contributed by atoms with Crippen molar-refractivity contribution in [3.05, 3.63) is 12.2 Å². The van der Waals surface area contributed by atoms with Crippen molar-refractivity contribution < 1.29 is 247 Å². The van der Waals surface area contributed by atoms with E-state index in [1.807, 2.05) is 83.1 Å². The summed E-state index contributed by atoms with van der Waals surface area (Å²) in [7, 11) is 0. The number of aliphatic hydroxyl groups is 8. The lowest BCUT2D eigenvalue weighted by Crippen LogP contribution is -2.67. The van der Waals surface area contributed by atoms with Gasteiger partial charge in [-0.05, 0) is 98.7 Å². The number of ether oxygens (including phenoxy) is 23. The molecule has 51 heteroatoms. The second kappa shape index (κ2) is 31.6. The second-order valence-corrected chi connectivity index (χ2v) is 47.6. The molecule has 8 saturated carbocycles. The van der Waals surface area contributed by atoms with E-state index < -0.39 is 395 Å². The SMILES string of the molecule is CC1C(=O)O[C@H]2[C@H](O)[C@@]34C5C[C@@H](C(C)(C)C)C36C(OC(=O)[C@@H]6OCC(=O)O)O[C@@]4(C(=O)O5)[C@@]12O.CC1C(=O)O[C@H]2[C@H](O)[C@@]34C5C[C@@H](C(C)(C)C)C36[C@@H](OC(=O)[C@@H]6OC/C=C/C(=O)O)O[C@@]4(C(=O)O5)[C@@]12O.CC1C(=O)O[C@H]2[C@H](O)[C@@]34C5C[C@@H](C(C)(C)C)C36[C@@H](OC(=O)[C@@H]6OCCOCC(=O)O)O[C@@]4(C(=O)O5)[C@@]12O.CC1C(=O)O[C@H]2[C@H](O)[C@@]34C5C[C@@H](C(C)(C)C)C36[C@@H](OC(=O)[C@@H]6OCCOCCOCC(=O)O)O[C@@]4(C(=O)O5)[C@@]12O. The van der Waals surface area contributed by atoms with E-state index in [2.05, 4.69) is 0 Å². The number of rotatable bonds is 22. The number of esters is 12. The van der Waals surface area contributed by atoms with Gasteiger partial charge in [0.25, 0.3) is 0 Å². The van der Waals surface area contributed by atoms with Gasteiger partial charge in [-0.2, -0.15) is 0 Å². The van der Waals surface area contributed by atoms with Crippen LogP contribution in [0, 0.1) is 112 Å². The van der Waals surface area contributed by atoms with Crippen LogP contribution in [0.3, 0.4) is 0 Å². The Morgan fingerprint density at radius 3 is 0.789 bits per heavy atom. The molecular weight excluding hydrogens is 1970 g/mol. The summed E-state index contributed by atoms with van der Waals surface area (Å²) in [6.45, 7) is 26.2. The maximum absolute atomic E-state index is 13.8. The zero-order valence-electron chi connectivity index (χ0n) is 82.5. The first kappa shape index (κ1) is 103. The topological polar surface area (TPSA) is 728 Å². The zero-order valence-corrected chi connectivity index (χ0v) is 82.5. The van der Waals surface area contributed by atoms with Crippen molar-refractivity contribution in [2.45, 2.75) is 304 Å². The van der Waals surface area contributed by atoms with Crippen LogP contribution in [0.2, 0.25) is 0 Å². The molecule has 8 aliphatic carbocycles. The van der Waals surface area contributed by atoms with Gasteiger partial charge >= 0.3 is 95.5 Å². The van der Waals surface area contributed by atoms with Crippen molar-refractivity contribution >= 4 is 95.5 Å². The standard InChI is InChI=1S/C26H34O14.C24H30O13.C24H28O12.C22H26O12/c1-11-18(30)38-16-15(29)24-13-9-12(22(2,3)4)23(24)17(36-8-7-34-5-6-35-10-14(27)28)19(31)39-21(23)40-26(24,20(32)37-13)25(11,16)33;1-9-16(28)35-14-13(27)22-11-7-10(20(2,3)4)21(22)15(33-6-5-32-8-12(25)26)17(29)36-19(21)37-24(22,18(30)34-11)23(9,14)31;1-9-16(28)34-14-13(27)22-11-8-10(20(2,3)4)21(22)15(32-7-5-6-12(25)26)17(29)35-19(21)36-24(22,18(30)33-11)23(9,14)31;1-7-14(26)32-12-11(25)20-9-5-8(18(2,3)4)19(20)13(30-6-10(23)24)15(27)33-17(19)34-22(20,16(28)31-9)21(7,12)29/h11-13,15-17,21,29,33H,5-10H2,1-4H3,(H,27,28);9-11,13-15,19,27,31H,5-8H2,1-4H3,(H,25,26);5-6,9-11,13-15,19,27,31H,7-8H2,1-4H3,(H,25,26);7-9,11-13,17,25,29H,5-6H2,1-4H3,(H,23,24)/b;;6-5+;/t11?,12-,13?,15-,16-,17-,21-,23?,24-,25+,26+;2*9?,10-,11?,13-,14-,15-,19-,21?,22-,23+,24+;7?,8-,9?,11-,12-,13-,17?,19?,20-,21+,22+/m0000/s1. The van der Waals surface area contributed by atoms with Crippen LogP contribution in [0.15, 0.2) is 12.2 Å². The molecule has 0 aromatic heterocycles. The van der Waals surface area contributed by atoms with Crippen molar-refractivity contribution in [2.24, 2.45) is 112 Å². The van der Waals surface area contributed by atoms with Crippen molar-refractivity contribution in [1.82, 2.24) is 0 Å². The van der Waals surface area contributed by atoms with Gasteiger partial charge in [-0.3, -0.25) is 19.2 Å². The summed E-state index contributed by atoms with van der Waals surface area (Å²) >= 11 is 0. The van der Waals surface area contributed by atoms with Gasteiger partial charge in [-0.25, -0.2) is 57.5 Å². The fourth-order valence-corrected chi connectivity index (χ4v) is 34.6. The third-order valence-corrected chi connectivity index (χ3v) is 38.7. The number of carboxylic acids is 4. The Balaban J connectivity index is 0.000000115. The van der Waals surface area contributed by atoms with Crippen LogP contribution in [0.25, 0.3) is 0 Å². The van der Waals surface area contributed by atoms with Gasteiger partial charge in [0.2, 0.25) is 47.6 Å². The molecule has 0 amide bonds. The first-order valence-electron chi connectivity index (χ1n) is 49.0. The highest BCUT2D eigenvalue weighted by molar-refractivity contribution is 5.99. The lowest BCUT2D eigenvalue weighted by Gasteiger charge is -2.48. The zero-order chi connectivity index (χ0) is 107. The van der Waals surface area contributed by atoms with E-state index >= 15 is 0 Å². The average Bonchev–Trinajstić information content (AvgIpc) is 1.43. The number of carbonyl (C=O) groups excluding carboxylic acids is 12. The van der Waals surface area contributed by atoms with E-state index in [4.69, 9.17) is 124 Å². The average molecular weight is 2090 g/mol. The number of hydrogen-bond donors (Lipinski definition) is 12. The minimum Gasteiger partial charge on any atom is -0.480 e. The Bertz CT molecular complexity index is 5790. The molecule has 8 spiro atoms. The minimum atomic E-state index is -2.32. The highest BCUT2D eigenvalue weighted by atomic mass is 16.8. The molecule has 0 aromatic carbocycles. The largest absolute Gasteiger partial charge is 0.480 e. The predicted molar refractivity (Wildman–Crippen MR) is 455 cm³/mol. The second-order valence-electron chi connectivity index (χ2n) is 47.6. The molecular formula is C96H118O51. The molecule has 24 fully saturated rings. The number of fused-ring (bicyclic) bond motifs is 4. The third-order valence-electron chi connectivity index (χ3n) is 38.7. The summed E-state index contributed by atoms with van der Waals surface area (Å²) < 4.78 is 132. The van der Waals surface area contributed by atoms with E-state index in [-0.39, 0.29) is 71.9 Å². The maximum Gasteiger partial charge on any atom is 0.343 e. The fraction of sp³-hybridized carbons (Fsp3) is 0.812. The lowest BCUT2D eigenvalue weighted by molar-refractivity contribution is -0.240. The highest BCUT2D eigenvalue weighted by Crippen LogP contribution is 2.91. The summed E-state index contributed by atoms with van der Waals surface area (Å²) in [6, 6.07) is 0. The van der Waals surface area contributed by atoms with Crippen molar-refractivity contribution in [3.8, 4) is 0 Å². The molecule has 16 heterocycles. The smallest absolute Gasteiger partial charge is 0.343 e. The molecule has 0 aromatic rings. The van der Waals surface area contributed by atoms with E-state index in [0.29, 0.717) is 0 Å². The first-order valence-corrected chi connectivity index (χ1v) is 49.0. The van der Waals surface area contributed by atoms with Crippen molar-refractivity contribution in [3.63, 3.8) is 0 Å². The van der Waals surface area contributed by atoms with Crippen molar-refractivity contribution in [2.75, 3.05) is 66.1 Å². The van der Waals surface area contributed by atoms with Crippen LogP contribution in [-0.4, -0.2) is 390 Å². The highest BCUT2D eigenvalue weighted by Gasteiger charge is 3.10. The quantitative estimate of drug-likeness (QED) is 0.0211. The molecule has 24 aliphatic rings. The minimum absolute atomic E-state index is 0.0166. The van der Waals surface area contributed by atoms with Gasteiger partial charge in [-0.15, -0.1) is 0 Å². The third kappa shape index (κ3) is 10.8. The molecule has 0 radical (unpaired) electrons. The summed E-state index contributed by atoms with van der Waals surface area (Å²) in [6.07, 6.45) is -25.0. The summed E-state index contributed by atoms with van der Waals surface area (Å²) in [5, 5.41) is 132. The Labute approximate surface area is 833 Å². The number of aliphatic carboxylic acids is 4.